The molecule has 5 heteroatoms. The van der Waals surface area contributed by atoms with Gasteiger partial charge in [-0.05, 0) is 45.0 Å². The van der Waals surface area contributed by atoms with Crippen molar-refractivity contribution < 1.29 is 9.90 Å². The quantitative estimate of drug-likeness (QED) is 0.915. The lowest BCUT2D eigenvalue weighted by Crippen LogP contribution is -2.36. The highest BCUT2D eigenvalue weighted by Gasteiger charge is 2.21. The summed E-state index contributed by atoms with van der Waals surface area (Å²) in [7, 11) is 1.92. The summed E-state index contributed by atoms with van der Waals surface area (Å²) in [6.45, 7) is 3.02. The van der Waals surface area contributed by atoms with Crippen LogP contribution in [0.5, 0.6) is 0 Å². The maximum absolute atomic E-state index is 10.9. The Hall–Kier alpha value is -1.98. The Bertz CT molecular complexity index is 704. The first-order chi connectivity index (χ1) is 11.6. The number of pyridine rings is 1. The normalized spacial score (nSPS) is 19.5. The summed E-state index contributed by atoms with van der Waals surface area (Å²) in [4.78, 5) is 20.1. The van der Waals surface area contributed by atoms with E-state index in [-0.39, 0.29) is 6.54 Å². The Balaban J connectivity index is 1.60. The lowest BCUT2D eigenvalue weighted by atomic mass is 10.1. The number of hydrogen-bond donors (Lipinski definition) is 1. The first-order valence-electron chi connectivity index (χ1n) is 8.61. The number of carbonyl (C=O) groups is 1. The number of aliphatic carboxylic acids is 1. The number of benzene rings is 1. The zero-order valence-electron chi connectivity index (χ0n) is 14.2. The zero-order chi connectivity index (χ0) is 16.9. The smallest absolute Gasteiger partial charge is 0.317 e. The Labute approximate surface area is 142 Å². The molecule has 2 aromatic rings. The molecule has 0 aliphatic carbocycles. The molecule has 0 amide bonds. The largest absolute Gasteiger partial charge is 0.480 e. The van der Waals surface area contributed by atoms with Crippen molar-refractivity contribution in [3.05, 3.63) is 42.1 Å². The molecule has 0 saturated carbocycles. The molecular weight excluding hydrogens is 302 g/mol. The van der Waals surface area contributed by atoms with Crippen LogP contribution >= 0.6 is 0 Å². The topological polar surface area (TPSA) is 56.7 Å². The van der Waals surface area contributed by atoms with E-state index in [1.807, 2.05) is 24.1 Å². The van der Waals surface area contributed by atoms with Gasteiger partial charge in [0.2, 0.25) is 0 Å². The predicted molar refractivity (Wildman–Crippen MR) is 94.9 cm³/mol. The summed E-state index contributed by atoms with van der Waals surface area (Å²) >= 11 is 0. The zero-order valence-corrected chi connectivity index (χ0v) is 14.2. The lowest BCUT2D eigenvalue weighted by Gasteiger charge is -2.25. The van der Waals surface area contributed by atoms with Crippen LogP contribution in [0.1, 0.15) is 25.0 Å². The van der Waals surface area contributed by atoms with Crippen LogP contribution in [-0.2, 0) is 11.3 Å². The highest BCUT2D eigenvalue weighted by atomic mass is 16.4. The van der Waals surface area contributed by atoms with Gasteiger partial charge in [0.25, 0.3) is 0 Å². The number of aromatic nitrogens is 1. The summed E-state index contributed by atoms with van der Waals surface area (Å²) in [5, 5.41) is 10.1. The van der Waals surface area contributed by atoms with E-state index >= 15 is 0 Å². The van der Waals surface area contributed by atoms with Crippen LogP contribution in [-0.4, -0.2) is 58.6 Å². The van der Waals surface area contributed by atoms with E-state index in [1.165, 1.54) is 5.39 Å². The molecule has 2 heterocycles. The lowest BCUT2D eigenvalue weighted by molar-refractivity contribution is -0.138. The first-order valence-corrected chi connectivity index (χ1v) is 8.61. The molecule has 1 atom stereocenters. The number of likely N-dealkylation sites (N-methyl/N-ethyl adjacent to an activating group) is 1. The maximum Gasteiger partial charge on any atom is 0.317 e. The van der Waals surface area contributed by atoms with E-state index in [4.69, 9.17) is 10.1 Å². The van der Waals surface area contributed by atoms with Crippen molar-refractivity contribution in [2.75, 3.05) is 26.7 Å². The van der Waals surface area contributed by atoms with Gasteiger partial charge in [0.15, 0.2) is 0 Å². The minimum absolute atomic E-state index is 0.122. The average molecular weight is 327 g/mol. The number of rotatable bonds is 5. The van der Waals surface area contributed by atoms with Gasteiger partial charge in [0.05, 0.1) is 17.8 Å². The van der Waals surface area contributed by atoms with Crippen molar-refractivity contribution in [3.8, 4) is 0 Å². The molecular formula is C19H25N3O2. The molecule has 1 aromatic carbocycles. The summed E-state index contributed by atoms with van der Waals surface area (Å²) in [5.41, 5.74) is 2.15. The predicted octanol–water partition coefficient (Wildman–Crippen LogP) is 2.61. The Morgan fingerprint density at radius 2 is 2.08 bits per heavy atom. The molecule has 5 nitrogen and oxygen atoms in total. The van der Waals surface area contributed by atoms with Crippen molar-refractivity contribution in [2.24, 2.45) is 0 Å². The number of hydrogen-bond acceptors (Lipinski definition) is 4. The highest BCUT2D eigenvalue weighted by Crippen LogP contribution is 2.18. The maximum atomic E-state index is 10.9. The number of carboxylic acids is 1. The molecule has 24 heavy (non-hydrogen) atoms. The van der Waals surface area contributed by atoms with Gasteiger partial charge in [-0.3, -0.25) is 19.6 Å². The highest BCUT2D eigenvalue weighted by molar-refractivity contribution is 5.78. The fraction of sp³-hybridized carbons (Fsp3) is 0.474. The molecule has 1 unspecified atom stereocenters. The fourth-order valence-electron chi connectivity index (χ4n) is 3.50. The van der Waals surface area contributed by atoms with Gasteiger partial charge in [0, 0.05) is 24.5 Å². The van der Waals surface area contributed by atoms with Crippen LogP contribution in [0.15, 0.2) is 36.4 Å². The molecule has 1 saturated heterocycles. The standard InChI is InChI=1S/C19H25N3O2/c1-21(14-19(23)24)17-6-4-11-22(12-10-17)13-16-9-8-15-5-2-3-7-18(15)20-16/h2-3,5,7-9,17H,4,6,10-14H2,1H3,(H,23,24). The Morgan fingerprint density at radius 1 is 1.25 bits per heavy atom. The molecule has 1 N–H and O–H groups in total. The van der Waals surface area contributed by atoms with Gasteiger partial charge < -0.3 is 5.11 Å². The Kier molecular flexibility index (Phi) is 5.43. The number of likely N-dealkylation sites (tertiary alicyclic amines) is 1. The average Bonchev–Trinajstić information content (AvgIpc) is 2.80. The van der Waals surface area contributed by atoms with Crippen molar-refractivity contribution in [2.45, 2.75) is 31.8 Å². The van der Waals surface area contributed by atoms with Crippen LogP contribution in [0.3, 0.4) is 0 Å². The van der Waals surface area contributed by atoms with Crippen molar-refractivity contribution in [1.29, 1.82) is 0 Å². The molecule has 1 aliphatic heterocycles. The summed E-state index contributed by atoms with van der Waals surface area (Å²) in [6.07, 6.45) is 3.17. The molecule has 1 fully saturated rings. The third-order valence-electron chi connectivity index (χ3n) is 4.84. The van der Waals surface area contributed by atoms with Gasteiger partial charge >= 0.3 is 5.97 Å². The minimum Gasteiger partial charge on any atom is -0.480 e. The minimum atomic E-state index is -0.751. The number of fused-ring (bicyclic) bond motifs is 1. The molecule has 128 valence electrons. The van der Waals surface area contributed by atoms with Crippen LogP contribution in [0, 0.1) is 0 Å². The monoisotopic (exact) mass is 327 g/mol. The third kappa shape index (κ3) is 4.30. The van der Waals surface area contributed by atoms with Gasteiger partial charge in [-0.15, -0.1) is 0 Å². The van der Waals surface area contributed by atoms with E-state index in [2.05, 4.69) is 29.2 Å². The van der Waals surface area contributed by atoms with Crippen LogP contribution < -0.4 is 0 Å². The van der Waals surface area contributed by atoms with E-state index in [9.17, 15) is 4.79 Å². The number of carboxylic acid groups (broad SMARTS) is 1. The fourth-order valence-corrected chi connectivity index (χ4v) is 3.50. The summed E-state index contributed by atoms with van der Waals surface area (Å²) < 4.78 is 0. The van der Waals surface area contributed by atoms with Crippen molar-refractivity contribution >= 4 is 16.9 Å². The van der Waals surface area contributed by atoms with E-state index in [0.717, 1.165) is 50.1 Å². The van der Waals surface area contributed by atoms with Crippen molar-refractivity contribution in [3.63, 3.8) is 0 Å². The van der Waals surface area contributed by atoms with Gasteiger partial charge in [-0.25, -0.2) is 0 Å². The van der Waals surface area contributed by atoms with Crippen LogP contribution in [0.2, 0.25) is 0 Å². The van der Waals surface area contributed by atoms with Gasteiger partial charge in [0.1, 0.15) is 0 Å². The number of para-hydroxylation sites is 1. The number of nitrogens with zero attached hydrogens (tertiary/aromatic N) is 3. The summed E-state index contributed by atoms with van der Waals surface area (Å²) in [5.74, 6) is -0.751. The van der Waals surface area contributed by atoms with Gasteiger partial charge in [-0.2, -0.15) is 0 Å². The third-order valence-corrected chi connectivity index (χ3v) is 4.84. The van der Waals surface area contributed by atoms with Crippen LogP contribution in [0.4, 0.5) is 0 Å². The van der Waals surface area contributed by atoms with E-state index in [1.54, 1.807) is 0 Å². The molecule has 3 rings (SSSR count). The second-order valence-electron chi connectivity index (χ2n) is 6.67. The SMILES string of the molecule is CN(CC(=O)O)C1CCCN(Cc2ccc3ccccc3n2)CC1. The summed E-state index contributed by atoms with van der Waals surface area (Å²) in [6, 6.07) is 12.8. The van der Waals surface area contributed by atoms with Gasteiger partial charge in [-0.1, -0.05) is 24.3 Å². The molecule has 1 aliphatic rings. The first kappa shape index (κ1) is 16.9. The van der Waals surface area contributed by atoms with E-state index in [0.29, 0.717) is 6.04 Å². The second-order valence-corrected chi connectivity index (χ2v) is 6.67. The molecule has 0 spiro atoms. The molecule has 0 bridgehead atoms. The molecule has 1 aromatic heterocycles. The van der Waals surface area contributed by atoms with Crippen molar-refractivity contribution in [1.82, 2.24) is 14.8 Å². The second kappa shape index (κ2) is 7.73. The molecule has 0 radical (unpaired) electrons. The van der Waals surface area contributed by atoms with Crippen LogP contribution in [0.25, 0.3) is 10.9 Å². The van der Waals surface area contributed by atoms with E-state index < -0.39 is 5.97 Å². The Morgan fingerprint density at radius 3 is 2.92 bits per heavy atom.